The van der Waals surface area contributed by atoms with Gasteiger partial charge in [-0.1, -0.05) is 49.4 Å². The Labute approximate surface area is 114 Å². The number of rotatable bonds is 5. The molecular formula is C17H20O2. The van der Waals surface area contributed by atoms with Gasteiger partial charge in [-0.25, -0.2) is 0 Å². The predicted octanol–water partition coefficient (Wildman–Crippen LogP) is 3.97. The lowest BCUT2D eigenvalue weighted by Crippen LogP contribution is -2.19. The summed E-state index contributed by atoms with van der Waals surface area (Å²) in [7, 11) is 0. The van der Waals surface area contributed by atoms with Crippen LogP contribution in [0.2, 0.25) is 0 Å². The molecule has 2 aromatic carbocycles. The molecule has 19 heavy (non-hydrogen) atoms. The molecule has 0 radical (unpaired) electrons. The lowest BCUT2D eigenvalue weighted by Gasteiger charge is -2.15. The van der Waals surface area contributed by atoms with Crippen LogP contribution in [0.15, 0.2) is 42.5 Å². The average molecular weight is 256 g/mol. The van der Waals surface area contributed by atoms with Gasteiger partial charge in [0.25, 0.3) is 0 Å². The summed E-state index contributed by atoms with van der Waals surface area (Å²) < 4.78 is 5.14. The van der Waals surface area contributed by atoms with Gasteiger partial charge < -0.3 is 4.74 Å². The largest absolute Gasteiger partial charge is 0.466 e. The molecule has 0 aromatic heterocycles. The molecule has 2 heteroatoms. The van der Waals surface area contributed by atoms with Gasteiger partial charge in [0, 0.05) is 0 Å². The first-order valence-electron chi connectivity index (χ1n) is 6.89. The molecular weight excluding hydrogens is 236 g/mol. The summed E-state index contributed by atoms with van der Waals surface area (Å²) in [6, 6.07) is 14.5. The lowest BCUT2D eigenvalue weighted by atomic mass is 9.93. The Morgan fingerprint density at radius 1 is 1.11 bits per heavy atom. The van der Waals surface area contributed by atoms with E-state index in [0.29, 0.717) is 6.61 Å². The van der Waals surface area contributed by atoms with Crippen molar-refractivity contribution in [2.45, 2.75) is 26.7 Å². The second-order valence-corrected chi connectivity index (χ2v) is 4.70. The Morgan fingerprint density at radius 3 is 2.58 bits per heavy atom. The second-order valence-electron chi connectivity index (χ2n) is 4.70. The number of hydrogen-bond acceptors (Lipinski definition) is 2. The number of ether oxygens (including phenoxy) is 1. The van der Waals surface area contributed by atoms with Crippen molar-refractivity contribution in [1.29, 1.82) is 0 Å². The molecule has 100 valence electrons. The van der Waals surface area contributed by atoms with Crippen LogP contribution in [0.3, 0.4) is 0 Å². The Bertz CT molecular complexity index is 555. The summed E-state index contributed by atoms with van der Waals surface area (Å²) in [6.07, 6.45) is 1.55. The molecule has 1 unspecified atom stereocenters. The van der Waals surface area contributed by atoms with Crippen molar-refractivity contribution in [3.63, 3.8) is 0 Å². The highest BCUT2D eigenvalue weighted by Crippen LogP contribution is 2.22. The van der Waals surface area contributed by atoms with Gasteiger partial charge in [-0.3, -0.25) is 4.79 Å². The van der Waals surface area contributed by atoms with Gasteiger partial charge in [0.05, 0.1) is 12.5 Å². The Morgan fingerprint density at radius 2 is 1.84 bits per heavy atom. The quantitative estimate of drug-likeness (QED) is 0.757. The third kappa shape index (κ3) is 3.14. The van der Waals surface area contributed by atoms with Gasteiger partial charge in [-0.2, -0.15) is 0 Å². The monoisotopic (exact) mass is 256 g/mol. The van der Waals surface area contributed by atoms with Crippen LogP contribution in [-0.2, 0) is 16.0 Å². The van der Waals surface area contributed by atoms with Crippen LogP contribution in [-0.4, -0.2) is 12.6 Å². The molecule has 0 amide bonds. The summed E-state index contributed by atoms with van der Waals surface area (Å²) in [4.78, 5) is 11.9. The molecule has 0 fully saturated rings. The highest BCUT2D eigenvalue weighted by molar-refractivity contribution is 5.86. The second kappa shape index (κ2) is 6.37. The van der Waals surface area contributed by atoms with E-state index in [1.54, 1.807) is 0 Å². The maximum atomic E-state index is 11.9. The first-order valence-corrected chi connectivity index (χ1v) is 6.89. The first-order chi connectivity index (χ1) is 9.26. The number of fused-ring (bicyclic) bond motifs is 1. The van der Waals surface area contributed by atoms with Gasteiger partial charge in [-0.15, -0.1) is 0 Å². The van der Waals surface area contributed by atoms with Crippen molar-refractivity contribution in [2.24, 2.45) is 5.92 Å². The highest BCUT2D eigenvalue weighted by atomic mass is 16.5. The Balaban J connectivity index is 2.27. The summed E-state index contributed by atoms with van der Waals surface area (Å²) in [5.74, 6) is -0.135. The van der Waals surface area contributed by atoms with Crippen LogP contribution in [0.1, 0.15) is 25.8 Å². The smallest absolute Gasteiger partial charge is 0.309 e. The van der Waals surface area contributed by atoms with Crippen LogP contribution in [0.5, 0.6) is 0 Å². The lowest BCUT2D eigenvalue weighted by molar-refractivity contribution is -0.148. The number of benzene rings is 2. The summed E-state index contributed by atoms with van der Waals surface area (Å²) in [5.41, 5.74) is 1.22. The molecule has 2 aromatic rings. The normalized spacial score (nSPS) is 12.3. The number of carbonyl (C=O) groups excluding carboxylic acids is 1. The molecule has 0 saturated carbocycles. The molecule has 0 bridgehead atoms. The Kier molecular flexibility index (Phi) is 4.56. The zero-order valence-electron chi connectivity index (χ0n) is 11.6. The van der Waals surface area contributed by atoms with E-state index in [2.05, 4.69) is 30.3 Å². The molecule has 1 atom stereocenters. The number of esters is 1. The fraction of sp³-hybridized carbons (Fsp3) is 0.353. The van der Waals surface area contributed by atoms with Crippen LogP contribution in [0, 0.1) is 5.92 Å². The van der Waals surface area contributed by atoms with E-state index in [1.165, 1.54) is 16.3 Å². The first kappa shape index (κ1) is 13.6. The van der Waals surface area contributed by atoms with E-state index in [9.17, 15) is 4.79 Å². The van der Waals surface area contributed by atoms with Crippen LogP contribution in [0.4, 0.5) is 0 Å². The van der Waals surface area contributed by atoms with E-state index in [-0.39, 0.29) is 11.9 Å². The van der Waals surface area contributed by atoms with E-state index in [1.807, 2.05) is 26.0 Å². The van der Waals surface area contributed by atoms with E-state index in [0.717, 1.165) is 12.8 Å². The molecule has 0 heterocycles. The topological polar surface area (TPSA) is 26.3 Å². The van der Waals surface area contributed by atoms with E-state index < -0.39 is 0 Å². The molecule has 0 aliphatic rings. The van der Waals surface area contributed by atoms with Crippen molar-refractivity contribution in [3.05, 3.63) is 48.0 Å². The van der Waals surface area contributed by atoms with Gasteiger partial charge in [0.1, 0.15) is 0 Å². The van der Waals surface area contributed by atoms with E-state index >= 15 is 0 Å². The maximum absolute atomic E-state index is 11.9. The zero-order chi connectivity index (χ0) is 13.7. The fourth-order valence-corrected chi connectivity index (χ4v) is 2.39. The van der Waals surface area contributed by atoms with Crippen molar-refractivity contribution < 1.29 is 9.53 Å². The Hall–Kier alpha value is -1.83. The molecule has 0 spiro atoms. The molecule has 0 saturated heterocycles. The minimum absolute atomic E-state index is 0.0502. The molecule has 0 N–H and O–H groups in total. The van der Waals surface area contributed by atoms with Gasteiger partial charge in [-0.05, 0) is 36.1 Å². The van der Waals surface area contributed by atoms with Crippen molar-refractivity contribution >= 4 is 16.7 Å². The van der Waals surface area contributed by atoms with Crippen molar-refractivity contribution in [2.75, 3.05) is 6.61 Å². The molecule has 0 aliphatic heterocycles. The van der Waals surface area contributed by atoms with Crippen molar-refractivity contribution in [3.8, 4) is 0 Å². The highest BCUT2D eigenvalue weighted by Gasteiger charge is 2.18. The van der Waals surface area contributed by atoms with Crippen molar-refractivity contribution in [1.82, 2.24) is 0 Å². The molecule has 2 nitrogen and oxygen atoms in total. The number of carbonyl (C=O) groups is 1. The molecule has 2 rings (SSSR count). The predicted molar refractivity (Wildman–Crippen MR) is 78.1 cm³/mol. The summed E-state index contributed by atoms with van der Waals surface area (Å²) in [5, 5.41) is 2.45. The average Bonchev–Trinajstić information content (AvgIpc) is 2.45. The van der Waals surface area contributed by atoms with E-state index in [4.69, 9.17) is 4.74 Å². The standard InChI is InChI=1S/C17H20O2/c1-3-13(17(18)19-4-2)12-15-10-7-9-14-8-5-6-11-16(14)15/h5-11,13H,3-4,12H2,1-2H3. The minimum atomic E-state index is -0.0852. The van der Waals surface area contributed by atoms with Crippen LogP contribution < -0.4 is 0 Å². The van der Waals surface area contributed by atoms with Gasteiger partial charge in [0.15, 0.2) is 0 Å². The fourth-order valence-electron chi connectivity index (χ4n) is 2.39. The maximum Gasteiger partial charge on any atom is 0.309 e. The molecule has 0 aliphatic carbocycles. The van der Waals surface area contributed by atoms with Gasteiger partial charge in [0.2, 0.25) is 0 Å². The zero-order valence-corrected chi connectivity index (χ0v) is 11.6. The van der Waals surface area contributed by atoms with Gasteiger partial charge >= 0.3 is 5.97 Å². The van der Waals surface area contributed by atoms with Crippen LogP contribution in [0.25, 0.3) is 10.8 Å². The minimum Gasteiger partial charge on any atom is -0.466 e. The summed E-state index contributed by atoms with van der Waals surface area (Å²) >= 11 is 0. The third-order valence-electron chi connectivity index (χ3n) is 3.46. The van der Waals surface area contributed by atoms with Crippen LogP contribution >= 0.6 is 0 Å². The third-order valence-corrected chi connectivity index (χ3v) is 3.46. The summed E-state index contributed by atoms with van der Waals surface area (Å²) in [6.45, 7) is 4.33. The SMILES string of the molecule is CCOC(=O)C(CC)Cc1cccc2ccccc12. The number of hydrogen-bond donors (Lipinski definition) is 0.